The smallest absolute Gasteiger partial charge is 0.253 e. The molecule has 1 aliphatic heterocycles. The van der Waals surface area contributed by atoms with E-state index in [9.17, 15) is 9.59 Å². The molecular weight excluding hydrogens is 386 g/mol. The van der Waals surface area contributed by atoms with E-state index in [-0.39, 0.29) is 11.5 Å². The van der Waals surface area contributed by atoms with Crippen molar-refractivity contribution in [3.63, 3.8) is 0 Å². The molecule has 1 N–H and O–H groups in total. The molecule has 3 aromatic rings. The average Bonchev–Trinajstić information content (AvgIpc) is 2.78. The van der Waals surface area contributed by atoms with E-state index in [1.165, 1.54) is 6.42 Å². The monoisotopic (exact) mass is 417 g/mol. The summed E-state index contributed by atoms with van der Waals surface area (Å²) in [6.45, 7) is 7.23. The molecule has 0 atom stereocenters. The van der Waals surface area contributed by atoms with Crippen molar-refractivity contribution >= 4 is 16.8 Å². The topological polar surface area (TPSA) is 56.4 Å². The third-order valence-electron chi connectivity index (χ3n) is 6.37. The third kappa shape index (κ3) is 5.05. The number of aryl methyl sites for hydroxylation is 2. The lowest BCUT2D eigenvalue weighted by Crippen LogP contribution is -2.42. The van der Waals surface area contributed by atoms with Crippen LogP contribution >= 0.6 is 0 Å². The lowest BCUT2D eigenvalue weighted by Gasteiger charge is -2.29. The molecule has 0 radical (unpaired) electrons. The Bertz CT molecular complexity index is 1110. The first kappa shape index (κ1) is 21.3. The standard InChI is InChI=1S/C26H31N3O2/c1-19-11-12-22-15-23(26(31)27-25(22)20(19)2)17-29(16-21-9-5-3-6-10-21)24(30)18-28-13-7-4-8-14-28/h3,5-6,9-12,15H,4,7-8,13-14,16-18H2,1-2H3,(H,27,31). The molecule has 31 heavy (non-hydrogen) atoms. The van der Waals surface area contributed by atoms with Gasteiger partial charge in [-0.05, 0) is 67.9 Å². The van der Waals surface area contributed by atoms with Gasteiger partial charge < -0.3 is 9.88 Å². The minimum atomic E-state index is -0.120. The Morgan fingerprint density at radius 1 is 1.00 bits per heavy atom. The quantitative estimate of drug-likeness (QED) is 0.655. The highest BCUT2D eigenvalue weighted by atomic mass is 16.2. The molecule has 0 bridgehead atoms. The molecule has 0 aliphatic carbocycles. The molecule has 1 amide bonds. The predicted molar refractivity (Wildman–Crippen MR) is 125 cm³/mol. The van der Waals surface area contributed by atoms with Crippen LogP contribution in [0.1, 0.15) is 41.5 Å². The van der Waals surface area contributed by atoms with E-state index in [0.717, 1.165) is 53.5 Å². The first-order valence-corrected chi connectivity index (χ1v) is 11.2. The first-order valence-electron chi connectivity index (χ1n) is 11.2. The van der Waals surface area contributed by atoms with Gasteiger partial charge in [0.15, 0.2) is 0 Å². The van der Waals surface area contributed by atoms with Gasteiger partial charge in [0.25, 0.3) is 5.56 Å². The Kier molecular flexibility index (Phi) is 6.52. The van der Waals surface area contributed by atoms with Crippen LogP contribution < -0.4 is 5.56 Å². The number of rotatable bonds is 6. The van der Waals surface area contributed by atoms with Gasteiger partial charge >= 0.3 is 0 Å². The summed E-state index contributed by atoms with van der Waals surface area (Å²) >= 11 is 0. The summed E-state index contributed by atoms with van der Waals surface area (Å²) in [6.07, 6.45) is 3.54. The summed E-state index contributed by atoms with van der Waals surface area (Å²) in [5.74, 6) is 0.0744. The first-order chi connectivity index (χ1) is 15.0. The number of aromatic amines is 1. The fourth-order valence-electron chi connectivity index (χ4n) is 4.34. The summed E-state index contributed by atoms with van der Waals surface area (Å²) in [7, 11) is 0. The lowest BCUT2D eigenvalue weighted by molar-refractivity contribution is -0.134. The second-order valence-electron chi connectivity index (χ2n) is 8.67. The van der Waals surface area contributed by atoms with Crippen molar-refractivity contribution < 1.29 is 4.79 Å². The van der Waals surface area contributed by atoms with E-state index >= 15 is 0 Å². The second-order valence-corrected chi connectivity index (χ2v) is 8.67. The Balaban J connectivity index is 1.61. The molecule has 0 unspecified atom stereocenters. The van der Waals surface area contributed by atoms with Crippen LogP contribution in [0, 0.1) is 13.8 Å². The van der Waals surface area contributed by atoms with E-state index in [4.69, 9.17) is 0 Å². The molecule has 0 spiro atoms. The highest BCUT2D eigenvalue weighted by molar-refractivity contribution is 5.83. The highest BCUT2D eigenvalue weighted by Gasteiger charge is 2.21. The van der Waals surface area contributed by atoms with Gasteiger partial charge in [0.2, 0.25) is 5.91 Å². The number of carbonyl (C=O) groups is 1. The predicted octanol–water partition coefficient (Wildman–Crippen LogP) is 4.16. The third-order valence-corrected chi connectivity index (χ3v) is 6.37. The molecular formula is C26H31N3O2. The van der Waals surface area contributed by atoms with Crippen LogP contribution in [-0.2, 0) is 17.9 Å². The van der Waals surface area contributed by atoms with Crippen LogP contribution in [0.2, 0.25) is 0 Å². The van der Waals surface area contributed by atoms with Crippen LogP contribution in [-0.4, -0.2) is 40.3 Å². The summed E-state index contributed by atoms with van der Waals surface area (Å²) in [5, 5.41) is 1.00. The number of amides is 1. The molecule has 5 heteroatoms. The zero-order chi connectivity index (χ0) is 21.8. The van der Waals surface area contributed by atoms with E-state index in [0.29, 0.717) is 25.2 Å². The van der Waals surface area contributed by atoms with Crippen molar-refractivity contribution in [3.8, 4) is 0 Å². The normalized spacial score (nSPS) is 14.6. The molecule has 162 valence electrons. The van der Waals surface area contributed by atoms with Crippen molar-refractivity contribution in [1.29, 1.82) is 0 Å². The Morgan fingerprint density at radius 2 is 1.74 bits per heavy atom. The van der Waals surface area contributed by atoms with E-state index in [1.54, 1.807) is 0 Å². The van der Waals surface area contributed by atoms with Gasteiger partial charge in [-0.15, -0.1) is 0 Å². The fourth-order valence-corrected chi connectivity index (χ4v) is 4.34. The van der Waals surface area contributed by atoms with Gasteiger partial charge in [0.05, 0.1) is 18.6 Å². The van der Waals surface area contributed by atoms with Crippen molar-refractivity contribution in [2.24, 2.45) is 0 Å². The van der Waals surface area contributed by atoms with Gasteiger partial charge in [-0.25, -0.2) is 0 Å². The summed E-state index contributed by atoms with van der Waals surface area (Å²) < 4.78 is 0. The van der Waals surface area contributed by atoms with Crippen LogP contribution in [0.3, 0.4) is 0 Å². The fraction of sp³-hybridized carbons (Fsp3) is 0.385. The highest BCUT2D eigenvalue weighted by Crippen LogP contribution is 2.20. The van der Waals surface area contributed by atoms with Crippen molar-refractivity contribution in [2.75, 3.05) is 19.6 Å². The number of piperidine rings is 1. The SMILES string of the molecule is Cc1ccc2cc(CN(Cc3ccccc3)C(=O)CN3CCCCC3)c(=O)[nH]c2c1C. The molecule has 1 fully saturated rings. The molecule has 4 rings (SSSR count). The summed E-state index contributed by atoms with van der Waals surface area (Å²) in [6, 6.07) is 16.0. The van der Waals surface area contributed by atoms with Gasteiger partial charge in [0, 0.05) is 12.1 Å². The van der Waals surface area contributed by atoms with Crippen molar-refractivity contribution in [3.05, 3.63) is 81.1 Å². The largest absolute Gasteiger partial charge is 0.333 e. The number of aromatic nitrogens is 1. The zero-order valence-corrected chi connectivity index (χ0v) is 18.5. The number of H-pyrrole nitrogens is 1. The van der Waals surface area contributed by atoms with Crippen LogP contribution in [0.15, 0.2) is 53.3 Å². The maximum atomic E-state index is 13.3. The van der Waals surface area contributed by atoms with E-state index in [1.807, 2.05) is 61.2 Å². The number of nitrogens with zero attached hydrogens (tertiary/aromatic N) is 2. The molecule has 1 aromatic heterocycles. The van der Waals surface area contributed by atoms with Crippen LogP contribution in [0.4, 0.5) is 0 Å². The maximum Gasteiger partial charge on any atom is 0.253 e. The number of hydrogen-bond acceptors (Lipinski definition) is 3. The number of nitrogens with one attached hydrogen (secondary N) is 1. The van der Waals surface area contributed by atoms with Crippen molar-refractivity contribution in [1.82, 2.24) is 14.8 Å². The molecule has 5 nitrogen and oxygen atoms in total. The maximum absolute atomic E-state index is 13.3. The Hall–Kier alpha value is -2.92. The zero-order valence-electron chi connectivity index (χ0n) is 18.5. The van der Waals surface area contributed by atoms with Gasteiger partial charge in [-0.1, -0.05) is 48.9 Å². The van der Waals surface area contributed by atoms with Gasteiger partial charge in [-0.2, -0.15) is 0 Å². The second kappa shape index (κ2) is 9.48. The molecule has 2 heterocycles. The van der Waals surface area contributed by atoms with Gasteiger partial charge in [0.1, 0.15) is 0 Å². The Morgan fingerprint density at radius 3 is 2.48 bits per heavy atom. The average molecular weight is 418 g/mol. The minimum Gasteiger partial charge on any atom is -0.333 e. The van der Waals surface area contributed by atoms with Crippen molar-refractivity contribution in [2.45, 2.75) is 46.2 Å². The minimum absolute atomic E-state index is 0.0744. The number of hydrogen-bond donors (Lipinski definition) is 1. The molecule has 1 aliphatic rings. The summed E-state index contributed by atoms with van der Waals surface area (Å²) in [5.41, 5.74) is 4.69. The molecule has 0 saturated carbocycles. The van der Waals surface area contributed by atoms with Crippen LogP contribution in [0.5, 0.6) is 0 Å². The van der Waals surface area contributed by atoms with E-state index < -0.39 is 0 Å². The molecule has 1 saturated heterocycles. The lowest BCUT2D eigenvalue weighted by atomic mass is 10.0. The molecule has 2 aromatic carbocycles. The summed E-state index contributed by atoms with van der Waals surface area (Å²) in [4.78, 5) is 33.3. The number of pyridine rings is 1. The number of likely N-dealkylation sites (tertiary alicyclic amines) is 1. The number of carbonyl (C=O) groups excluding carboxylic acids is 1. The number of benzene rings is 2. The van der Waals surface area contributed by atoms with Crippen LogP contribution in [0.25, 0.3) is 10.9 Å². The van der Waals surface area contributed by atoms with E-state index in [2.05, 4.69) is 16.0 Å². The van der Waals surface area contributed by atoms with Gasteiger partial charge in [-0.3, -0.25) is 14.5 Å². The number of fused-ring (bicyclic) bond motifs is 1. The Labute approximate surface area is 183 Å².